The molecule has 3 aliphatic rings. The van der Waals surface area contributed by atoms with Gasteiger partial charge in [-0.15, -0.1) is 0 Å². The minimum atomic E-state index is -4.58. The van der Waals surface area contributed by atoms with E-state index >= 15 is 0 Å². The number of anilines is 1. The molecule has 9 nitrogen and oxygen atoms in total. The Hall–Kier alpha value is -3.38. The molecule has 13 heteroatoms. The number of carbonyl (C=O) groups is 2. The van der Waals surface area contributed by atoms with Crippen LogP contribution < -0.4 is 16.4 Å². The number of carbonyl (C=O) groups excluding carboxylic acids is 2. The van der Waals surface area contributed by atoms with Gasteiger partial charge in [0.2, 0.25) is 0 Å². The molecule has 1 spiro atoms. The molecule has 0 saturated heterocycles. The molecule has 1 aromatic carbocycles. The van der Waals surface area contributed by atoms with Gasteiger partial charge in [-0.1, -0.05) is 11.6 Å². The molecule has 3 fully saturated rings. The summed E-state index contributed by atoms with van der Waals surface area (Å²) in [6.07, 6.45) is 3.51. The largest absolute Gasteiger partial charge is 0.435 e. The average Bonchev–Trinajstić information content (AvgIpc) is 3.40. The number of amides is 2. The molecule has 0 unspecified atom stereocenters. The van der Waals surface area contributed by atoms with Crippen molar-refractivity contribution in [1.82, 2.24) is 25.1 Å². The molecule has 0 bridgehead atoms. The van der Waals surface area contributed by atoms with Crippen LogP contribution in [-0.2, 0) is 12.6 Å². The minimum absolute atomic E-state index is 0.00403. The fourth-order valence-electron chi connectivity index (χ4n) is 5.80. The summed E-state index contributed by atoms with van der Waals surface area (Å²) in [6.45, 7) is 0. The van der Waals surface area contributed by atoms with E-state index in [2.05, 4.69) is 25.7 Å². The van der Waals surface area contributed by atoms with Gasteiger partial charge in [-0.2, -0.15) is 18.3 Å². The lowest BCUT2D eigenvalue weighted by Crippen LogP contribution is -2.59. The first kappa shape index (κ1) is 25.9. The summed E-state index contributed by atoms with van der Waals surface area (Å²) in [5.74, 6) is -0.946. The van der Waals surface area contributed by atoms with Crippen molar-refractivity contribution in [2.45, 2.75) is 69.2 Å². The molecule has 0 aliphatic heterocycles. The number of nitrogens with one attached hydrogen (secondary N) is 3. The number of rotatable bonds is 7. The number of halogens is 4. The summed E-state index contributed by atoms with van der Waals surface area (Å²) in [5, 5.41) is 9.56. The van der Waals surface area contributed by atoms with Crippen molar-refractivity contribution < 1.29 is 22.8 Å². The van der Waals surface area contributed by atoms with Crippen molar-refractivity contribution in [3.63, 3.8) is 0 Å². The van der Waals surface area contributed by atoms with E-state index in [0.717, 1.165) is 38.5 Å². The zero-order chi connectivity index (χ0) is 27.5. The van der Waals surface area contributed by atoms with Crippen molar-refractivity contribution in [1.29, 1.82) is 0 Å². The van der Waals surface area contributed by atoms with Crippen LogP contribution in [0, 0.1) is 5.41 Å². The number of nitrogens with zero attached hydrogens (tertiary/aromatic N) is 3. The Morgan fingerprint density at radius 3 is 2.56 bits per heavy atom. The first-order valence-corrected chi connectivity index (χ1v) is 13.2. The fraction of sp³-hybridized carbons (Fsp3) is 0.462. The van der Waals surface area contributed by atoms with E-state index in [0.29, 0.717) is 22.4 Å². The van der Waals surface area contributed by atoms with E-state index in [9.17, 15) is 22.8 Å². The van der Waals surface area contributed by atoms with Crippen molar-refractivity contribution in [2.24, 2.45) is 11.1 Å². The van der Waals surface area contributed by atoms with Crippen molar-refractivity contribution >= 4 is 29.1 Å². The second-order valence-electron chi connectivity index (χ2n) is 11.0. The van der Waals surface area contributed by atoms with Gasteiger partial charge in [-0.3, -0.25) is 14.3 Å². The lowest BCUT2D eigenvalue weighted by molar-refractivity contribution is -0.142. The Morgan fingerprint density at radius 2 is 1.92 bits per heavy atom. The van der Waals surface area contributed by atoms with Gasteiger partial charge in [0.05, 0.1) is 16.6 Å². The maximum Gasteiger partial charge on any atom is 0.435 e. The number of benzene rings is 1. The van der Waals surface area contributed by atoms with Crippen LogP contribution in [0.1, 0.15) is 82.5 Å². The van der Waals surface area contributed by atoms with Crippen LogP contribution in [0.2, 0.25) is 5.02 Å². The summed E-state index contributed by atoms with van der Waals surface area (Å²) in [6, 6.07) is 4.93. The predicted octanol–water partition coefficient (Wildman–Crippen LogP) is 4.46. The lowest BCUT2D eigenvalue weighted by atomic mass is 9.52. The average molecular weight is 562 g/mol. The molecule has 5 N–H and O–H groups in total. The van der Waals surface area contributed by atoms with Gasteiger partial charge < -0.3 is 21.4 Å². The van der Waals surface area contributed by atoms with E-state index in [1.54, 1.807) is 6.07 Å². The molecule has 3 aliphatic carbocycles. The number of hydrogen-bond acceptors (Lipinski definition) is 5. The van der Waals surface area contributed by atoms with Gasteiger partial charge in [0, 0.05) is 47.8 Å². The summed E-state index contributed by atoms with van der Waals surface area (Å²) < 4.78 is 41.8. The summed E-state index contributed by atoms with van der Waals surface area (Å²) in [5.41, 5.74) is 6.24. The molecule has 39 heavy (non-hydrogen) atoms. The Morgan fingerprint density at radius 1 is 1.18 bits per heavy atom. The second-order valence-corrected chi connectivity index (χ2v) is 11.4. The van der Waals surface area contributed by atoms with E-state index < -0.39 is 17.8 Å². The molecule has 2 amide bonds. The third kappa shape index (κ3) is 5.27. The standard InChI is InChI=1S/C26H27ClF3N7O2/c27-20-6-15(1-4-19(20)23(38)35-17-9-25(10-17)7-14(31)8-25)34-24(39)22-32-11-16(33-22)5-13-12-37(18-2-3-18)36-21(13)26(28,29)30/h1,4,6,11-12,14,17-18H,2-3,5,7-10,31H2,(H,32,33)(H,34,39)(H,35,38). The number of nitrogens with two attached hydrogens (primary N) is 1. The summed E-state index contributed by atoms with van der Waals surface area (Å²) in [7, 11) is 0. The molecule has 3 saturated carbocycles. The predicted molar refractivity (Wildman–Crippen MR) is 136 cm³/mol. The summed E-state index contributed by atoms with van der Waals surface area (Å²) in [4.78, 5) is 32.2. The van der Waals surface area contributed by atoms with Crippen LogP contribution in [-0.4, -0.2) is 43.6 Å². The Bertz CT molecular complexity index is 1430. The van der Waals surface area contributed by atoms with Gasteiger partial charge in [0.1, 0.15) is 0 Å². The van der Waals surface area contributed by atoms with Crippen molar-refractivity contribution in [2.75, 3.05) is 5.32 Å². The number of hydrogen-bond donors (Lipinski definition) is 4. The third-order valence-corrected chi connectivity index (χ3v) is 8.09. The van der Waals surface area contributed by atoms with Crippen LogP contribution >= 0.6 is 11.6 Å². The number of imidazole rings is 1. The molecule has 206 valence electrons. The zero-order valence-corrected chi connectivity index (χ0v) is 21.6. The van der Waals surface area contributed by atoms with Gasteiger partial charge in [-0.05, 0) is 62.1 Å². The highest BCUT2D eigenvalue weighted by molar-refractivity contribution is 6.34. The SMILES string of the molecule is NC1CC2(C1)CC(NC(=O)c1ccc(NC(=O)c3ncc(Cc4cn(C5CC5)nc4C(F)(F)F)[nH]3)cc1Cl)C2. The number of aromatic nitrogens is 4. The number of H-pyrrole nitrogens is 1. The number of alkyl halides is 3. The monoisotopic (exact) mass is 561 g/mol. The maximum atomic E-state index is 13.5. The Labute approximate surface area is 226 Å². The topological polar surface area (TPSA) is 131 Å². The van der Waals surface area contributed by atoms with Crippen molar-refractivity contribution in [3.8, 4) is 0 Å². The Kier molecular flexibility index (Phi) is 6.22. The first-order valence-electron chi connectivity index (χ1n) is 12.8. The zero-order valence-electron chi connectivity index (χ0n) is 20.8. The van der Waals surface area contributed by atoms with Gasteiger partial charge in [0.25, 0.3) is 11.8 Å². The van der Waals surface area contributed by atoms with E-state index in [1.807, 2.05) is 0 Å². The van der Waals surface area contributed by atoms with Gasteiger partial charge in [0.15, 0.2) is 11.5 Å². The molecule has 2 heterocycles. The van der Waals surface area contributed by atoms with E-state index in [1.165, 1.54) is 29.2 Å². The number of aromatic amines is 1. The van der Waals surface area contributed by atoms with E-state index in [4.69, 9.17) is 17.3 Å². The maximum absolute atomic E-state index is 13.5. The molecule has 2 aromatic heterocycles. The second kappa shape index (κ2) is 9.37. The van der Waals surface area contributed by atoms with Crippen LogP contribution in [0.25, 0.3) is 0 Å². The molecule has 6 rings (SSSR count). The molecule has 0 atom stereocenters. The van der Waals surface area contributed by atoms with Crippen LogP contribution in [0.4, 0.5) is 18.9 Å². The van der Waals surface area contributed by atoms with E-state index in [-0.39, 0.29) is 46.9 Å². The summed E-state index contributed by atoms with van der Waals surface area (Å²) >= 11 is 6.33. The van der Waals surface area contributed by atoms with Crippen LogP contribution in [0.5, 0.6) is 0 Å². The fourth-order valence-corrected chi connectivity index (χ4v) is 6.06. The van der Waals surface area contributed by atoms with Gasteiger partial charge in [-0.25, -0.2) is 4.98 Å². The molecule has 3 aromatic rings. The van der Waals surface area contributed by atoms with Crippen LogP contribution in [0.3, 0.4) is 0 Å². The van der Waals surface area contributed by atoms with Crippen LogP contribution in [0.15, 0.2) is 30.6 Å². The molecular formula is C26H27ClF3N7O2. The Balaban J connectivity index is 1.07. The van der Waals surface area contributed by atoms with Gasteiger partial charge >= 0.3 is 6.18 Å². The highest BCUT2D eigenvalue weighted by Gasteiger charge is 2.52. The first-order chi connectivity index (χ1) is 18.5. The lowest BCUT2D eigenvalue weighted by Gasteiger charge is -2.57. The third-order valence-electron chi connectivity index (χ3n) is 7.78. The smallest absolute Gasteiger partial charge is 0.349 e. The van der Waals surface area contributed by atoms with Crippen molar-refractivity contribution in [3.05, 3.63) is 64.0 Å². The molecular weight excluding hydrogens is 535 g/mol. The highest BCUT2D eigenvalue weighted by atomic mass is 35.5. The normalized spacial score (nSPS) is 24.2. The highest BCUT2D eigenvalue weighted by Crippen LogP contribution is 2.55. The molecule has 0 radical (unpaired) electrons. The minimum Gasteiger partial charge on any atom is -0.349 e. The quantitative estimate of drug-likeness (QED) is 0.338.